The molecule has 0 N–H and O–H groups in total. The van der Waals surface area contributed by atoms with E-state index in [1.807, 2.05) is 30.3 Å². The fourth-order valence-electron chi connectivity index (χ4n) is 2.09. The standard InChI is InChI=1S/C17H14N2O4/c1-19-9-5-8-14(16(19)20)17(21)22-11-13-10-15(23-18-13)12-6-3-2-4-7-12/h2-10H,11H2,1H3. The van der Waals surface area contributed by atoms with Crippen LogP contribution in [0.2, 0.25) is 0 Å². The summed E-state index contributed by atoms with van der Waals surface area (Å²) in [4.78, 5) is 23.8. The predicted octanol–water partition coefficient (Wildman–Crippen LogP) is 2.40. The van der Waals surface area contributed by atoms with Gasteiger partial charge in [0.05, 0.1) is 0 Å². The second-order valence-corrected chi connectivity index (χ2v) is 4.96. The van der Waals surface area contributed by atoms with Crippen LogP contribution in [0.4, 0.5) is 0 Å². The minimum Gasteiger partial charge on any atom is -0.455 e. The highest BCUT2D eigenvalue weighted by Crippen LogP contribution is 2.20. The van der Waals surface area contributed by atoms with Crippen LogP contribution in [0.25, 0.3) is 11.3 Å². The van der Waals surface area contributed by atoms with Crippen molar-refractivity contribution < 1.29 is 14.1 Å². The average molecular weight is 310 g/mol. The lowest BCUT2D eigenvalue weighted by molar-refractivity contribution is 0.0461. The molecule has 0 saturated heterocycles. The van der Waals surface area contributed by atoms with E-state index in [-0.39, 0.29) is 12.2 Å². The van der Waals surface area contributed by atoms with Gasteiger partial charge < -0.3 is 13.8 Å². The molecule has 0 saturated carbocycles. The summed E-state index contributed by atoms with van der Waals surface area (Å²) in [6.45, 7) is -0.0623. The summed E-state index contributed by atoms with van der Waals surface area (Å²) in [5.41, 5.74) is 0.948. The highest BCUT2D eigenvalue weighted by atomic mass is 16.5. The zero-order valence-corrected chi connectivity index (χ0v) is 12.4. The molecule has 23 heavy (non-hydrogen) atoms. The summed E-state index contributed by atoms with van der Waals surface area (Å²) in [6.07, 6.45) is 1.57. The summed E-state index contributed by atoms with van der Waals surface area (Å²) in [5, 5.41) is 3.86. The Kier molecular flexibility index (Phi) is 4.05. The van der Waals surface area contributed by atoms with Crippen LogP contribution in [0.1, 0.15) is 16.1 Å². The molecule has 6 heteroatoms. The number of nitrogens with zero attached hydrogens (tertiary/aromatic N) is 2. The molecule has 0 bridgehead atoms. The van der Waals surface area contributed by atoms with Crippen molar-refractivity contribution in [2.24, 2.45) is 7.05 Å². The molecule has 0 unspecified atom stereocenters. The van der Waals surface area contributed by atoms with Gasteiger partial charge in [-0.3, -0.25) is 4.79 Å². The first-order valence-corrected chi connectivity index (χ1v) is 6.99. The van der Waals surface area contributed by atoms with E-state index in [0.717, 1.165) is 5.56 Å². The van der Waals surface area contributed by atoms with Crippen LogP contribution in [0.15, 0.2) is 64.0 Å². The number of ether oxygens (including phenoxy) is 1. The lowest BCUT2D eigenvalue weighted by atomic mass is 10.2. The zero-order valence-electron chi connectivity index (χ0n) is 12.4. The van der Waals surface area contributed by atoms with Crippen LogP contribution in [-0.2, 0) is 18.4 Å². The lowest BCUT2D eigenvalue weighted by Crippen LogP contribution is -2.24. The van der Waals surface area contributed by atoms with Crippen LogP contribution in [0, 0.1) is 0 Å². The SMILES string of the molecule is Cn1cccc(C(=O)OCc2cc(-c3ccccc3)on2)c1=O. The Morgan fingerprint density at radius 2 is 2.00 bits per heavy atom. The van der Waals surface area contributed by atoms with Gasteiger partial charge in [-0.1, -0.05) is 35.5 Å². The Balaban J connectivity index is 1.69. The highest BCUT2D eigenvalue weighted by molar-refractivity contribution is 5.88. The van der Waals surface area contributed by atoms with Crippen molar-refractivity contribution in [1.82, 2.24) is 9.72 Å². The summed E-state index contributed by atoms with van der Waals surface area (Å²) in [7, 11) is 1.57. The van der Waals surface area contributed by atoms with E-state index in [4.69, 9.17) is 9.26 Å². The smallest absolute Gasteiger partial charge is 0.344 e. The largest absolute Gasteiger partial charge is 0.455 e. The van der Waals surface area contributed by atoms with E-state index in [2.05, 4.69) is 5.16 Å². The van der Waals surface area contributed by atoms with Gasteiger partial charge in [0.25, 0.3) is 5.56 Å². The van der Waals surface area contributed by atoms with Crippen LogP contribution in [0.3, 0.4) is 0 Å². The zero-order chi connectivity index (χ0) is 16.2. The number of benzene rings is 1. The molecule has 0 fully saturated rings. The number of hydrogen-bond donors (Lipinski definition) is 0. The molecule has 3 rings (SSSR count). The molecule has 2 aromatic heterocycles. The molecule has 0 aliphatic rings. The van der Waals surface area contributed by atoms with Gasteiger partial charge in [-0.15, -0.1) is 0 Å². The topological polar surface area (TPSA) is 74.3 Å². The minimum atomic E-state index is -0.685. The van der Waals surface area contributed by atoms with Crippen molar-refractivity contribution in [2.45, 2.75) is 6.61 Å². The number of esters is 1. The predicted molar refractivity (Wildman–Crippen MR) is 82.7 cm³/mol. The molecule has 2 heterocycles. The molecule has 6 nitrogen and oxygen atoms in total. The van der Waals surface area contributed by atoms with Crippen LogP contribution in [0.5, 0.6) is 0 Å². The third-order valence-electron chi connectivity index (χ3n) is 3.31. The maximum absolute atomic E-state index is 12.0. The van der Waals surface area contributed by atoms with Crippen LogP contribution >= 0.6 is 0 Å². The van der Waals surface area contributed by atoms with E-state index >= 15 is 0 Å². The van der Waals surface area contributed by atoms with E-state index in [9.17, 15) is 9.59 Å². The Labute approximate surface area is 131 Å². The molecular weight excluding hydrogens is 296 g/mol. The quantitative estimate of drug-likeness (QED) is 0.692. The molecule has 0 aliphatic heterocycles. The first-order valence-electron chi connectivity index (χ1n) is 6.99. The van der Waals surface area contributed by atoms with Gasteiger partial charge in [0.15, 0.2) is 5.76 Å². The number of carbonyl (C=O) groups excluding carboxylic acids is 1. The average Bonchev–Trinajstić information content (AvgIpc) is 3.05. The second-order valence-electron chi connectivity index (χ2n) is 4.96. The van der Waals surface area contributed by atoms with E-state index < -0.39 is 11.5 Å². The van der Waals surface area contributed by atoms with Crippen molar-refractivity contribution >= 4 is 5.97 Å². The van der Waals surface area contributed by atoms with Crippen molar-refractivity contribution in [1.29, 1.82) is 0 Å². The van der Waals surface area contributed by atoms with E-state index in [1.165, 1.54) is 10.6 Å². The van der Waals surface area contributed by atoms with Crippen molar-refractivity contribution in [3.63, 3.8) is 0 Å². The molecular formula is C17H14N2O4. The summed E-state index contributed by atoms with van der Waals surface area (Å²) < 4.78 is 11.7. The monoisotopic (exact) mass is 310 g/mol. The first-order chi connectivity index (χ1) is 11.1. The molecule has 0 spiro atoms. The van der Waals surface area contributed by atoms with Gasteiger partial charge in [0.2, 0.25) is 0 Å². The first kappa shape index (κ1) is 14.8. The maximum Gasteiger partial charge on any atom is 0.344 e. The highest BCUT2D eigenvalue weighted by Gasteiger charge is 2.14. The van der Waals surface area contributed by atoms with Crippen molar-refractivity contribution in [3.8, 4) is 11.3 Å². The molecule has 0 amide bonds. The van der Waals surface area contributed by atoms with E-state index in [0.29, 0.717) is 11.5 Å². The molecule has 3 aromatic rings. The normalized spacial score (nSPS) is 10.5. The number of hydrogen-bond acceptors (Lipinski definition) is 5. The Hall–Kier alpha value is -3.15. The van der Waals surface area contributed by atoms with Gasteiger partial charge >= 0.3 is 5.97 Å². The van der Waals surface area contributed by atoms with Gasteiger partial charge in [-0.25, -0.2) is 4.79 Å². The number of aryl methyl sites for hydroxylation is 1. The van der Waals surface area contributed by atoms with Crippen LogP contribution in [-0.4, -0.2) is 15.7 Å². The van der Waals surface area contributed by atoms with Crippen LogP contribution < -0.4 is 5.56 Å². The van der Waals surface area contributed by atoms with E-state index in [1.54, 1.807) is 25.4 Å². The minimum absolute atomic E-state index is 0.0122. The molecule has 0 radical (unpaired) electrons. The fraction of sp³-hybridized carbons (Fsp3) is 0.118. The molecule has 116 valence electrons. The third kappa shape index (κ3) is 3.21. The number of aromatic nitrogens is 2. The van der Waals surface area contributed by atoms with Gasteiger partial charge in [0.1, 0.15) is 17.9 Å². The Bertz CT molecular complexity index is 881. The summed E-state index contributed by atoms with van der Waals surface area (Å²) in [5.74, 6) is -0.0947. The molecule has 1 aromatic carbocycles. The van der Waals surface area contributed by atoms with Gasteiger partial charge in [0, 0.05) is 24.9 Å². The van der Waals surface area contributed by atoms with Gasteiger partial charge in [-0.2, -0.15) is 0 Å². The molecule has 0 atom stereocenters. The fourth-order valence-corrected chi connectivity index (χ4v) is 2.09. The second kappa shape index (κ2) is 6.31. The number of carbonyl (C=O) groups is 1. The Morgan fingerprint density at radius 1 is 1.22 bits per heavy atom. The summed E-state index contributed by atoms with van der Waals surface area (Å²) >= 11 is 0. The van der Waals surface area contributed by atoms with Crippen molar-refractivity contribution in [2.75, 3.05) is 0 Å². The number of pyridine rings is 1. The van der Waals surface area contributed by atoms with Gasteiger partial charge in [-0.05, 0) is 12.1 Å². The van der Waals surface area contributed by atoms with Crippen molar-refractivity contribution in [3.05, 3.63) is 76.3 Å². The molecule has 0 aliphatic carbocycles. The maximum atomic E-state index is 12.0. The lowest BCUT2D eigenvalue weighted by Gasteiger charge is -2.03. The number of rotatable bonds is 4. The summed E-state index contributed by atoms with van der Waals surface area (Å²) in [6, 6.07) is 14.2. The third-order valence-corrected chi connectivity index (χ3v) is 3.31. The Morgan fingerprint density at radius 3 is 2.78 bits per heavy atom.